The van der Waals surface area contributed by atoms with Crippen molar-refractivity contribution < 1.29 is 13.2 Å². The minimum Gasteiger partial charge on any atom is -0.374 e. The lowest BCUT2D eigenvalue weighted by Crippen LogP contribution is -2.19. The Bertz CT molecular complexity index is 359. The zero-order chi connectivity index (χ0) is 11.1. The molecule has 0 saturated heterocycles. The van der Waals surface area contributed by atoms with Crippen LogP contribution in [-0.2, 0) is 0 Å². The normalized spacial score (nSPS) is 20.5. The molecule has 15 heavy (non-hydrogen) atoms. The van der Waals surface area contributed by atoms with Crippen molar-refractivity contribution in [3.8, 4) is 0 Å². The molecule has 0 fully saturated rings. The topological polar surface area (TPSA) is 3.24 Å². The van der Waals surface area contributed by atoms with Crippen molar-refractivity contribution in [1.29, 1.82) is 0 Å². The Morgan fingerprint density at radius 3 is 2.67 bits per heavy atom. The third-order valence-electron chi connectivity index (χ3n) is 2.76. The van der Waals surface area contributed by atoms with Gasteiger partial charge in [0.1, 0.15) is 0 Å². The van der Waals surface area contributed by atoms with Crippen LogP contribution in [0, 0.1) is 0 Å². The maximum atomic E-state index is 12.3. The zero-order valence-electron chi connectivity index (χ0n) is 8.38. The van der Waals surface area contributed by atoms with Crippen molar-refractivity contribution in [2.45, 2.75) is 18.5 Å². The van der Waals surface area contributed by atoms with Gasteiger partial charge in [0.15, 0.2) is 0 Å². The van der Waals surface area contributed by atoms with E-state index in [0.29, 0.717) is 6.54 Å². The van der Waals surface area contributed by atoms with E-state index in [-0.39, 0.29) is 0 Å². The molecule has 0 radical (unpaired) electrons. The predicted octanol–water partition coefficient (Wildman–Crippen LogP) is 3.17. The molecule has 2 rings (SSSR count). The van der Waals surface area contributed by atoms with E-state index >= 15 is 0 Å². The van der Waals surface area contributed by atoms with Gasteiger partial charge in [0.2, 0.25) is 0 Å². The van der Waals surface area contributed by atoms with Crippen LogP contribution in [0.3, 0.4) is 0 Å². The maximum absolute atomic E-state index is 12.3. The Kier molecular flexibility index (Phi) is 2.37. The van der Waals surface area contributed by atoms with Crippen LogP contribution in [-0.4, -0.2) is 19.8 Å². The third kappa shape index (κ3) is 2.08. The van der Waals surface area contributed by atoms with Crippen molar-refractivity contribution in [3.63, 3.8) is 0 Å². The van der Waals surface area contributed by atoms with Crippen molar-refractivity contribution in [2.75, 3.05) is 18.5 Å². The molecular weight excluding hydrogens is 203 g/mol. The molecule has 0 spiro atoms. The van der Waals surface area contributed by atoms with Gasteiger partial charge in [0.05, 0.1) is 6.42 Å². The summed E-state index contributed by atoms with van der Waals surface area (Å²) >= 11 is 0. The number of alkyl halides is 3. The van der Waals surface area contributed by atoms with Crippen molar-refractivity contribution in [1.82, 2.24) is 0 Å². The van der Waals surface area contributed by atoms with Gasteiger partial charge in [-0.15, -0.1) is 0 Å². The summed E-state index contributed by atoms with van der Waals surface area (Å²) in [4.78, 5) is 1.88. The molecule has 0 aliphatic carbocycles. The van der Waals surface area contributed by atoms with Gasteiger partial charge < -0.3 is 4.90 Å². The molecule has 0 saturated carbocycles. The second-order valence-corrected chi connectivity index (χ2v) is 3.96. The number of likely N-dealkylation sites (N-methyl/N-ethyl adjacent to an activating group) is 1. The highest BCUT2D eigenvalue weighted by molar-refractivity contribution is 5.59. The van der Waals surface area contributed by atoms with E-state index in [9.17, 15) is 13.2 Å². The highest BCUT2D eigenvalue weighted by Gasteiger charge is 2.36. The van der Waals surface area contributed by atoms with Gasteiger partial charge in [0, 0.05) is 25.2 Å². The molecule has 0 aromatic heterocycles. The largest absolute Gasteiger partial charge is 0.389 e. The summed E-state index contributed by atoms with van der Waals surface area (Å²) < 4.78 is 36.9. The van der Waals surface area contributed by atoms with Crippen LogP contribution in [0.4, 0.5) is 18.9 Å². The summed E-state index contributed by atoms with van der Waals surface area (Å²) in [5, 5.41) is 0. The third-order valence-corrected chi connectivity index (χ3v) is 2.76. The first-order chi connectivity index (χ1) is 6.97. The van der Waals surface area contributed by atoms with Gasteiger partial charge in [-0.3, -0.25) is 0 Å². The number of hydrogen-bond acceptors (Lipinski definition) is 1. The molecule has 82 valence electrons. The minimum atomic E-state index is -4.08. The van der Waals surface area contributed by atoms with Crippen LogP contribution >= 0.6 is 0 Å². The lowest BCUT2D eigenvalue weighted by atomic mass is 9.98. The monoisotopic (exact) mass is 215 g/mol. The lowest BCUT2D eigenvalue weighted by molar-refractivity contribution is -0.137. The summed E-state index contributed by atoms with van der Waals surface area (Å²) in [5.74, 6) is -0.411. The zero-order valence-corrected chi connectivity index (χ0v) is 8.38. The first-order valence-electron chi connectivity index (χ1n) is 4.84. The number of para-hydroxylation sites is 1. The predicted molar refractivity (Wildman–Crippen MR) is 53.1 cm³/mol. The van der Waals surface area contributed by atoms with E-state index < -0.39 is 18.5 Å². The highest BCUT2D eigenvalue weighted by Crippen LogP contribution is 2.40. The second-order valence-electron chi connectivity index (χ2n) is 3.96. The van der Waals surface area contributed by atoms with E-state index in [1.54, 1.807) is 12.1 Å². The molecule has 1 heterocycles. The molecule has 1 aliphatic rings. The van der Waals surface area contributed by atoms with Crippen molar-refractivity contribution in [3.05, 3.63) is 29.8 Å². The van der Waals surface area contributed by atoms with E-state index in [1.807, 2.05) is 24.1 Å². The van der Waals surface area contributed by atoms with Crippen molar-refractivity contribution >= 4 is 5.69 Å². The Morgan fingerprint density at radius 1 is 1.33 bits per heavy atom. The van der Waals surface area contributed by atoms with Crippen LogP contribution in [0.25, 0.3) is 0 Å². The summed E-state index contributed by atoms with van der Waals surface area (Å²) in [6.45, 7) is 0.457. The van der Waals surface area contributed by atoms with Crippen molar-refractivity contribution in [2.24, 2.45) is 0 Å². The first kappa shape index (κ1) is 10.3. The number of anilines is 1. The average Bonchev–Trinajstić information content (AvgIpc) is 2.42. The molecule has 0 N–H and O–H groups in total. The van der Waals surface area contributed by atoms with Crippen LogP contribution in [0.5, 0.6) is 0 Å². The number of nitrogens with zero attached hydrogens (tertiary/aromatic N) is 1. The van der Waals surface area contributed by atoms with Gasteiger partial charge >= 0.3 is 6.18 Å². The molecule has 1 unspecified atom stereocenters. The Morgan fingerprint density at radius 2 is 2.00 bits per heavy atom. The average molecular weight is 215 g/mol. The van der Waals surface area contributed by atoms with Gasteiger partial charge in [-0.1, -0.05) is 18.2 Å². The fourth-order valence-corrected chi connectivity index (χ4v) is 2.16. The number of fused-ring (bicyclic) bond motifs is 1. The summed E-state index contributed by atoms with van der Waals surface area (Å²) in [5.41, 5.74) is 1.74. The minimum absolute atomic E-state index is 0.411. The van der Waals surface area contributed by atoms with Crippen LogP contribution in [0.1, 0.15) is 17.9 Å². The molecule has 0 bridgehead atoms. The smallest absolute Gasteiger partial charge is 0.374 e. The maximum Gasteiger partial charge on any atom is 0.389 e. The van der Waals surface area contributed by atoms with Crippen LogP contribution in [0.2, 0.25) is 0 Å². The lowest BCUT2D eigenvalue weighted by Gasteiger charge is -2.14. The molecular formula is C11H12F3N. The molecule has 4 heteroatoms. The Labute approximate surface area is 86.5 Å². The Hall–Kier alpha value is -1.19. The van der Waals surface area contributed by atoms with Gasteiger partial charge in [-0.2, -0.15) is 13.2 Å². The van der Waals surface area contributed by atoms with Crippen LogP contribution < -0.4 is 4.90 Å². The molecule has 1 aromatic carbocycles. The van der Waals surface area contributed by atoms with E-state index in [0.717, 1.165) is 11.3 Å². The molecule has 0 amide bonds. The summed E-state index contributed by atoms with van der Waals surface area (Å²) in [7, 11) is 1.83. The number of halogens is 3. The Balaban J connectivity index is 2.25. The summed E-state index contributed by atoms with van der Waals surface area (Å²) in [6.07, 6.45) is -4.81. The van der Waals surface area contributed by atoms with E-state index in [4.69, 9.17) is 0 Å². The van der Waals surface area contributed by atoms with Crippen LogP contribution in [0.15, 0.2) is 24.3 Å². The fraction of sp³-hybridized carbons (Fsp3) is 0.455. The number of rotatable bonds is 1. The second kappa shape index (κ2) is 3.43. The fourth-order valence-electron chi connectivity index (χ4n) is 2.16. The number of hydrogen-bond donors (Lipinski definition) is 0. The molecule has 1 atom stereocenters. The van der Waals surface area contributed by atoms with Gasteiger partial charge in [0.25, 0.3) is 0 Å². The van der Waals surface area contributed by atoms with E-state index in [1.165, 1.54) is 0 Å². The molecule has 1 nitrogen and oxygen atoms in total. The standard InChI is InChI=1S/C11H12F3N/c1-15-7-8(6-11(12,13)14)9-4-2-3-5-10(9)15/h2-5,8H,6-7H2,1H3. The highest BCUT2D eigenvalue weighted by atomic mass is 19.4. The first-order valence-corrected chi connectivity index (χ1v) is 4.84. The summed E-state index contributed by atoms with van der Waals surface area (Å²) in [6, 6.07) is 7.30. The van der Waals surface area contributed by atoms with E-state index in [2.05, 4.69) is 0 Å². The molecule has 1 aromatic rings. The van der Waals surface area contributed by atoms with Gasteiger partial charge in [-0.05, 0) is 11.6 Å². The SMILES string of the molecule is CN1CC(CC(F)(F)F)c2ccccc21. The quantitative estimate of drug-likeness (QED) is 0.695. The number of benzene rings is 1. The van der Waals surface area contributed by atoms with Gasteiger partial charge in [-0.25, -0.2) is 0 Å². The molecule has 1 aliphatic heterocycles.